The summed E-state index contributed by atoms with van der Waals surface area (Å²) in [5, 5.41) is 1.21. The highest BCUT2D eigenvalue weighted by Gasteiger charge is 2.21. The van der Waals surface area contributed by atoms with Gasteiger partial charge in [0, 0.05) is 34.7 Å². The predicted molar refractivity (Wildman–Crippen MR) is 116 cm³/mol. The van der Waals surface area contributed by atoms with Gasteiger partial charge in [0.1, 0.15) is 11.6 Å². The van der Waals surface area contributed by atoms with Crippen LogP contribution in [0.4, 0.5) is 4.39 Å². The predicted octanol–water partition coefficient (Wildman–Crippen LogP) is 4.97. The number of hydrogen-bond acceptors (Lipinski definition) is 4. The number of aromatic nitrogens is 1. The summed E-state index contributed by atoms with van der Waals surface area (Å²) in [7, 11) is 1.45. The molecule has 0 aliphatic heterocycles. The Bertz CT molecular complexity index is 1180. The molecule has 3 rings (SSSR count). The number of ether oxygens (including phenoxy) is 2. The van der Waals surface area contributed by atoms with Gasteiger partial charge in [-0.2, -0.15) is 0 Å². The van der Waals surface area contributed by atoms with Crippen molar-refractivity contribution >= 4 is 22.8 Å². The van der Waals surface area contributed by atoms with Gasteiger partial charge in [0.05, 0.1) is 19.4 Å². The van der Waals surface area contributed by atoms with E-state index in [-0.39, 0.29) is 18.2 Å². The lowest BCUT2D eigenvalue weighted by atomic mass is 9.97. The molecule has 0 unspecified atom stereocenters. The Labute approximate surface area is 174 Å². The molecule has 5 nitrogen and oxygen atoms in total. The van der Waals surface area contributed by atoms with E-state index in [1.165, 1.54) is 25.3 Å². The molecule has 0 fully saturated rings. The molecule has 30 heavy (non-hydrogen) atoms. The average Bonchev–Trinajstić information content (AvgIpc) is 2.72. The molecule has 0 spiro atoms. The molecule has 1 heterocycles. The lowest BCUT2D eigenvalue weighted by molar-refractivity contribution is -0.137. The summed E-state index contributed by atoms with van der Waals surface area (Å²) in [5.74, 6) is -0.635. The fourth-order valence-electron chi connectivity index (χ4n) is 3.53. The molecule has 0 N–H and O–H groups in total. The van der Waals surface area contributed by atoms with E-state index < -0.39 is 11.8 Å². The quantitative estimate of drug-likeness (QED) is 0.426. The van der Waals surface area contributed by atoms with Crippen LogP contribution < -0.4 is 10.3 Å². The fraction of sp³-hybridized carbons (Fsp3) is 0.250. The number of methoxy groups -OCH3 is 1. The maximum atomic E-state index is 13.9. The summed E-state index contributed by atoms with van der Waals surface area (Å²) < 4.78 is 25.9. The van der Waals surface area contributed by atoms with Crippen molar-refractivity contribution in [3.05, 3.63) is 70.3 Å². The number of pyridine rings is 1. The first kappa shape index (κ1) is 21.3. The molecular formula is C24H24FNO4. The van der Waals surface area contributed by atoms with E-state index >= 15 is 0 Å². The minimum Gasteiger partial charge on any atom is -0.496 e. The number of hydrogen-bond donors (Lipinski definition) is 0. The first-order valence-electron chi connectivity index (χ1n) is 9.75. The topological polar surface area (TPSA) is 57.5 Å². The van der Waals surface area contributed by atoms with E-state index in [0.717, 1.165) is 0 Å². The summed E-state index contributed by atoms with van der Waals surface area (Å²) in [5.41, 5.74) is 1.58. The van der Waals surface area contributed by atoms with Crippen LogP contribution in [-0.4, -0.2) is 24.3 Å². The van der Waals surface area contributed by atoms with Crippen LogP contribution in [-0.2, 0) is 9.53 Å². The Morgan fingerprint density at radius 1 is 1.17 bits per heavy atom. The minimum atomic E-state index is -0.485. The third kappa shape index (κ3) is 3.99. The summed E-state index contributed by atoms with van der Waals surface area (Å²) >= 11 is 0. The monoisotopic (exact) mass is 409 g/mol. The van der Waals surface area contributed by atoms with Crippen molar-refractivity contribution in [3.8, 4) is 17.0 Å². The first-order valence-corrected chi connectivity index (χ1v) is 9.75. The number of rotatable bonds is 6. The number of halogens is 1. The normalized spacial score (nSPS) is 11.4. The third-order valence-corrected chi connectivity index (χ3v) is 4.77. The number of carbonyl (C=O) groups excluding carboxylic acids is 1. The number of benzene rings is 2. The van der Waals surface area contributed by atoms with Crippen LogP contribution in [0.5, 0.6) is 5.75 Å². The second-order valence-electron chi connectivity index (χ2n) is 7.01. The average molecular weight is 409 g/mol. The molecule has 0 amide bonds. The maximum absolute atomic E-state index is 13.9. The summed E-state index contributed by atoms with van der Waals surface area (Å²) in [6.07, 6.45) is 2.97. The highest BCUT2D eigenvalue weighted by atomic mass is 19.1. The van der Waals surface area contributed by atoms with Crippen LogP contribution >= 0.6 is 0 Å². The van der Waals surface area contributed by atoms with Gasteiger partial charge in [-0.25, -0.2) is 9.18 Å². The van der Waals surface area contributed by atoms with Crippen molar-refractivity contribution in [2.75, 3.05) is 13.7 Å². The zero-order valence-electron chi connectivity index (χ0n) is 17.4. The van der Waals surface area contributed by atoms with Crippen molar-refractivity contribution in [1.29, 1.82) is 0 Å². The molecule has 6 heteroatoms. The maximum Gasteiger partial charge on any atom is 0.330 e. The molecule has 0 radical (unpaired) electrons. The lowest BCUT2D eigenvalue weighted by Gasteiger charge is -2.22. The molecule has 156 valence electrons. The molecule has 3 aromatic rings. The molecule has 0 bridgehead atoms. The van der Waals surface area contributed by atoms with Gasteiger partial charge in [-0.3, -0.25) is 4.79 Å². The van der Waals surface area contributed by atoms with Crippen molar-refractivity contribution in [2.24, 2.45) is 0 Å². The SMILES string of the molecule is CCOC(=O)C=Cc1c(-c2ccc(F)cc2OC)n(C(C)C)c(=O)c2ccccc12. The van der Waals surface area contributed by atoms with Gasteiger partial charge in [0.25, 0.3) is 5.56 Å². The molecule has 0 aliphatic rings. The van der Waals surface area contributed by atoms with E-state index in [9.17, 15) is 14.0 Å². The molecule has 1 aromatic heterocycles. The number of fused-ring (bicyclic) bond motifs is 1. The lowest BCUT2D eigenvalue weighted by Crippen LogP contribution is -2.25. The summed E-state index contributed by atoms with van der Waals surface area (Å²) in [6.45, 7) is 5.78. The van der Waals surface area contributed by atoms with E-state index in [4.69, 9.17) is 9.47 Å². The van der Waals surface area contributed by atoms with Crippen molar-refractivity contribution in [3.63, 3.8) is 0 Å². The zero-order valence-corrected chi connectivity index (χ0v) is 17.4. The van der Waals surface area contributed by atoms with E-state index in [0.29, 0.717) is 33.3 Å². The highest BCUT2D eigenvalue weighted by molar-refractivity contribution is 5.99. The first-order chi connectivity index (χ1) is 14.4. The molecule has 0 atom stereocenters. The van der Waals surface area contributed by atoms with Crippen LogP contribution in [0.2, 0.25) is 0 Å². The van der Waals surface area contributed by atoms with Crippen molar-refractivity contribution < 1.29 is 18.7 Å². The Kier molecular flexibility index (Phi) is 6.35. The molecule has 2 aromatic carbocycles. The fourth-order valence-corrected chi connectivity index (χ4v) is 3.53. The molecular weight excluding hydrogens is 385 g/mol. The van der Waals surface area contributed by atoms with Gasteiger partial charge >= 0.3 is 5.97 Å². The second-order valence-corrected chi connectivity index (χ2v) is 7.01. The Balaban J connectivity index is 2.47. The molecule has 0 aliphatic carbocycles. The van der Waals surface area contributed by atoms with Crippen LogP contribution in [0.1, 0.15) is 32.4 Å². The highest BCUT2D eigenvalue weighted by Crippen LogP contribution is 2.37. The van der Waals surface area contributed by atoms with E-state index in [2.05, 4.69) is 0 Å². The van der Waals surface area contributed by atoms with Crippen LogP contribution in [0.3, 0.4) is 0 Å². The van der Waals surface area contributed by atoms with E-state index in [1.54, 1.807) is 35.8 Å². The number of nitrogens with zero attached hydrogens (tertiary/aromatic N) is 1. The zero-order chi connectivity index (χ0) is 21.8. The van der Waals surface area contributed by atoms with Crippen molar-refractivity contribution in [2.45, 2.75) is 26.8 Å². The van der Waals surface area contributed by atoms with Crippen LogP contribution in [0.15, 0.2) is 53.3 Å². The molecule has 0 saturated carbocycles. The van der Waals surface area contributed by atoms with E-state index in [1.807, 2.05) is 26.0 Å². The largest absolute Gasteiger partial charge is 0.496 e. The number of esters is 1. The number of carbonyl (C=O) groups is 1. The van der Waals surface area contributed by atoms with Gasteiger partial charge in [-0.15, -0.1) is 0 Å². The smallest absolute Gasteiger partial charge is 0.330 e. The van der Waals surface area contributed by atoms with Gasteiger partial charge < -0.3 is 14.0 Å². The Hall–Kier alpha value is -3.41. The van der Waals surface area contributed by atoms with Gasteiger partial charge in [0.2, 0.25) is 0 Å². The standard InChI is InChI=1S/C24H24FNO4/c1-5-30-22(27)13-12-18-17-8-6-7-9-19(17)24(28)26(15(2)3)23(18)20-11-10-16(25)14-21(20)29-4/h6-15H,5H2,1-4H3. The van der Waals surface area contributed by atoms with Crippen LogP contribution in [0, 0.1) is 5.82 Å². The van der Waals surface area contributed by atoms with Gasteiger partial charge in [-0.05, 0) is 50.4 Å². The van der Waals surface area contributed by atoms with Gasteiger partial charge in [-0.1, -0.05) is 18.2 Å². The van der Waals surface area contributed by atoms with Gasteiger partial charge in [0.15, 0.2) is 0 Å². The summed E-state index contributed by atoms with van der Waals surface area (Å²) in [4.78, 5) is 25.4. The Morgan fingerprint density at radius 3 is 2.50 bits per heavy atom. The minimum absolute atomic E-state index is 0.171. The Morgan fingerprint density at radius 2 is 1.87 bits per heavy atom. The second kappa shape index (κ2) is 8.95. The molecule has 0 saturated heterocycles. The summed E-state index contributed by atoms with van der Waals surface area (Å²) in [6, 6.07) is 11.2. The van der Waals surface area contributed by atoms with Crippen molar-refractivity contribution in [1.82, 2.24) is 4.57 Å². The third-order valence-electron chi connectivity index (χ3n) is 4.77. The van der Waals surface area contributed by atoms with Crippen LogP contribution in [0.25, 0.3) is 28.1 Å².